The van der Waals surface area contributed by atoms with Crippen molar-refractivity contribution in [2.24, 2.45) is 0 Å². The predicted octanol–water partition coefficient (Wildman–Crippen LogP) is 3.12. The molecule has 1 fully saturated rings. The van der Waals surface area contributed by atoms with E-state index in [0.717, 1.165) is 6.21 Å². The summed E-state index contributed by atoms with van der Waals surface area (Å²) in [5.74, 6) is -0.0280. The largest absolute Gasteiger partial charge is 0.444 e. The highest BCUT2D eigenvalue weighted by atomic mass is 19.3. The smallest absolute Gasteiger partial charge is 0.410 e. The Bertz CT molecular complexity index is 1330. The number of carbonyl (C=O) groups excluding carboxylic acids is 1. The minimum atomic E-state index is -2.88. The fourth-order valence-corrected chi connectivity index (χ4v) is 4.37. The molecule has 3 aromatic rings. The van der Waals surface area contributed by atoms with Gasteiger partial charge in [-0.25, -0.2) is 18.6 Å². The summed E-state index contributed by atoms with van der Waals surface area (Å²) in [4.78, 5) is 29.2. The molecule has 0 bridgehead atoms. The molecular formula is C26H35F2N9O3. The van der Waals surface area contributed by atoms with E-state index >= 15 is 0 Å². The van der Waals surface area contributed by atoms with Gasteiger partial charge in [-0.1, -0.05) is 12.1 Å². The van der Waals surface area contributed by atoms with E-state index in [1.165, 1.54) is 4.57 Å². The van der Waals surface area contributed by atoms with Gasteiger partial charge in [0.2, 0.25) is 5.95 Å². The maximum absolute atomic E-state index is 14.1. The van der Waals surface area contributed by atoms with E-state index in [1.54, 1.807) is 29.2 Å². The Kier molecular flexibility index (Phi) is 9.10. The van der Waals surface area contributed by atoms with E-state index in [1.807, 2.05) is 20.8 Å². The molecule has 3 heterocycles. The van der Waals surface area contributed by atoms with Crippen LogP contribution in [0.25, 0.3) is 16.9 Å². The molecule has 1 amide bonds. The zero-order valence-electron chi connectivity index (χ0n) is 22.8. The van der Waals surface area contributed by atoms with Gasteiger partial charge >= 0.3 is 6.09 Å². The maximum Gasteiger partial charge on any atom is 0.410 e. The van der Waals surface area contributed by atoms with Crippen molar-refractivity contribution in [3.63, 3.8) is 0 Å². The SMILES string of the molecule is CC(C)(C)OC(=O)N1CCN(CCNc2nc(NCCO)nc(-n3c(C(F)F)nc4ccccc43)c2C=N)CC1. The first-order valence-electron chi connectivity index (χ1n) is 13.1. The van der Waals surface area contributed by atoms with Crippen LogP contribution in [0.5, 0.6) is 0 Å². The Hall–Kier alpha value is -3.91. The molecule has 0 saturated carbocycles. The third kappa shape index (κ3) is 6.80. The Labute approximate surface area is 230 Å². The van der Waals surface area contributed by atoms with Gasteiger partial charge in [0, 0.05) is 52.0 Å². The average Bonchev–Trinajstić information content (AvgIpc) is 3.31. The van der Waals surface area contributed by atoms with Gasteiger partial charge in [0.15, 0.2) is 11.6 Å². The van der Waals surface area contributed by atoms with Crippen molar-refractivity contribution < 1.29 is 23.4 Å². The summed E-state index contributed by atoms with van der Waals surface area (Å²) in [5.41, 5.74) is 0.457. The lowest BCUT2D eigenvalue weighted by Gasteiger charge is -2.35. The summed E-state index contributed by atoms with van der Waals surface area (Å²) in [5, 5.41) is 23.5. The normalized spacial score (nSPS) is 14.5. The molecule has 14 heteroatoms. The van der Waals surface area contributed by atoms with Crippen LogP contribution in [0.15, 0.2) is 24.3 Å². The fraction of sp³-hybridized carbons (Fsp3) is 0.500. The first-order chi connectivity index (χ1) is 19.1. The lowest BCUT2D eigenvalue weighted by Crippen LogP contribution is -2.50. The highest BCUT2D eigenvalue weighted by Gasteiger charge is 2.27. The number of imidazole rings is 1. The van der Waals surface area contributed by atoms with Gasteiger partial charge in [-0.3, -0.25) is 9.47 Å². The number of alkyl halides is 2. The summed E-state index contributed by atoms with van der Waals surface area (Å²) in [6.45, 7) is 8.94. The van der Waals surface area contributed by atoms with E-state index in [2.05, 4.69) is 30.5 Å². The molecule has 4 rings (SSSR count). The van der Waals surface area contributed by atoms with E-state index in [9.17, 15) is 18.7 Å². The number of ether oxygens (including phenoxy) is 1. The van der Waals surface area contributed by atoms with E-state index in [0.29, 0.717) is 50.3 Å². The number of halogens is 2. The first kappa shape index (κ1) is 29.1. The van der Waals surface area contributed by atoms with Gasteiger partial charge in [-0.05, 0) is 32.9 Å². The Morgan fingerprint density at radius 1 is 1.12 bits per heavy atom. The standard InChI is InChI=1S/C26H35F2N9O3/c1-26(2,3)40-25(39)36-13-11-35(12-14-36)10-8-30-21-17(16-29)22(34-24(33-21)31-9-15-38)37-19-7-5-4-6-18(19)32-23(37)20(27)28/h4-7,16,20,29,38H,8-15H2,1-3H3,(H2,30,31,33,34). The number of benzene rings is 1. The second-order valence-corrected chi connectivity index (χ2v) is 10.3. The molecule has 40 heavy (non-hydrogen) atoms. The number of aromatic nitrogens is 4. The van der Waals surface area contributed by atoms with Crippen LogP contribution in [0.3, 0.4) is 0 Å². The van der Waals surface area contributed by atoms with Crippen molar-refractivity contribution in [1.29, 1.82) is 5.41 Å². The van der Waals surface area contributed by atoms with Crippen LogP contribution in [0.1, 0.15) is 38.6 Å². The van der Waals surface area contributed by atoms with E-state index in [-0.39, 0.29) is 42.4 Å². The predicted molar refractivity (Wildman–Crippen MR) is 148 cm³/mol. The number of amides is 1. The van der Waals surface area contributed by atoms with Crippen molar-refractivity contribution in [1.82, 2.24) is 29.3 Å². The van der Waals surface area contributed by atoms with Crippen LogP contribution >= 0.6 is 0 Å². The third-order valence-electron chi connectivity index (χ3n) is 6.20. The Balaban J connectivity index is 1.54. The number of hydrogen-bond acceptors (Lipinski definition) is 10. The van der Waals surface area contributed by atoms with Gasteiger partial charge in [-0.2, -0.15) is 9.97 Å². The number of piperazine rings is 1. The number of anilines is 2. The van der Waals surface area contributed by atoms with Crippen molar-refractivity contribution in [3.05, 3.63) is 35.7 Å². The van der Waals surface area contributed by atoms with Gasteiger partial charge in [0.25, 0.3) is 6.43 Å². The van der Waals surface area contributed by atoms with Crippen molar-refractivity contribution in [2.45, 2.75) is 32.8 Å². The zero-order chi connectivity index (χ0) is 28.9. The minimum absolute atomic E-state index is 0.0721. The summed E-state index contributed by atoms with van der Waals surface area (Å²) in [6, 6.07) is 6.72. The molecule has 0 radical (unpaired) electrons. The van der Waals surface area contributed by atoms with Gasteiger partial charge in [0.1, 0.15) is 11.4 Å². The van der Waals surface area contributed by atoms with Crippen molar-refractivity contribution in [3.8, 4) is 5.82 Å². The highest BCUT2D eigenvalue weighted by molar-refractivity contribution is 5.91. The second kappa shape index (κ2) is 12.5. The third-order valence-corrected chi connectivity index (χ3v) is 6.20. The molecule has 0 atom stereocenters. The number of hydrogen-bond donors (Lipinski definition) is 4. The molecule has 1 aromatic carbocycles. The van der Waals surface area contributed by atoms with Gasteiger partial charge in [-0.15, -0.1) is 0 Å². The molecule has 1 aliphatic rings. The van der Waals surface area contributed by atoms with Crippen LogP contribution in [-0.2, 0) is 4.74 Å². The number of nitrogens with zero attached hydrogens (tertiary/aromatic N) is 6. The number of nitrogens with one attached hydrogen (secondary N) is 3. The minimum Gasteiger partial charge on any atom is -0.444 e. The summed E-state index contributed by atoms with van der Waals surface area (Å²) in [6.07, 6.45) is -2.19. The van der Waals surface area contributed by atoms with Crippen molar-refractivity contribution >= 4 is 35.1 Å². The zero-order valence-corrected chi connectivity index (χ0v) is 22.8. The molecule has 0 aliphatic carbocycles. The summed E-state index contributed by atoms with van der Waals surface area (Å²) in [7, 11) is 0. The van der Waals surface area contributed by atoms with Gasteiger partial charge < -0.3 is 30.8 Å². The molecule has 1 saturated heterocycles. The Morgan fingerprint density at radius 2 is 1.85 bits per heavy atom. The number of para-hydroxylation sites is 2. The molecule has 2 aromatic heterocycles. The maximum atomic E-state index is 14.1. The molecule has 216 valence electrons. The number of aliphatic hydroxyl groups is 1. The van der Waals surface area contributed by atoms with Crippen LogP contribution < -0.4 is 10.6 Å². The number of carbonyl (C=O) groups is 1. The fourth-order valence-electron chi connectivity index (χ4n) is 4.37. The summed E-state index contributed by atoms with van der Waals surface area (Å²) >= 11 is 0. The number of aliphatic hydroxyl groups excluding tert-OH is 1. The molecular weight excluding hydrogens is 524 g/mol. The monoisotopic (exact) mass is 559 g/mol. The number of rotatable bonds is 10. The second-order valence-electron chi connectivity index (χ2n) is 10.3. The molecule has 12 nitrogen and oxygen atoms in total. The summed E-state index contributed by atoms with van der Waals surface area (Å²) < 4.78 is 34.8. The van der Waals surface area contributed by atoms with Gasteiger partial charge in [0.05, 0.1) is 23.2 Å². The van der Waals surface area contributed by atoms with Crippen LogP contribution in [0.2, 0.25) is 0 Å². The lowest BCUT2D eigenvalue weighted by atomic mass is 10.2. The van der Waals surface area contributed by atoms with E-state index < -0.39 is 17.9 Å². The molecule has 1 aliphatic heterocycles. The van der Waals surface area contributed by atoms with Crippen LogP contribution in [0, 0.1) is 5.41 Å². The number of fused-ring (bicyclic) bond motifs is 1. The lowest BCUT2D eigenvalue weighted by molar-refractivity contribution is 0.0148. The molecule has 4 N–H and O–H groups in total. The quantitative estimate of drug-likeness (QED) is 0.275. The molecule has 0 unspecified atom stereocenters. The van der Waals surface area contributed by atoms with Crippen LogP contribution in [0.4, 0.5) is 25.3 Å². The topological polar surface area (TPSA) is 145 Å². The Morgan fingerprint density at radius 3 is 2.50 bits per heavy atom. The molecule has 0 spiro atoms. The van der Waals surface area contributed by atoms with Crippen LogP contribution in [-0.4, -0.2) is 105 Å². The highest BCUT2D eigenvalue weighted by Crippen LogP contribution is 2.30. The van der Waals surface area contributed by atoms with Crippen molar-refractivity contribution in [2.75, 3.05) is 63.1 Å². The van der Waals surface area contributed by atoms with E-state index in [4.69, 9.17) is 10.1 Å². The first-order valence-corrected chi connectivity index (χ1v) is 13.1. The average molecular weight is 560 g/mol.